The van der Waals surface area contributed by atoms with Crippen LogP contribution in [0.4, 0.5) is 23.2 Å². The lowest BCUT2D eigenvalue weighted by molar-refractivity contribution is -0.0501. The monoisotopic (exact) mass is 490 g/mol. The lowest BCUT2D eigenvalue weighted by atomic mass is 9.93. The number of amides is 1. The number of nitrogens with zero attached hydrogens (tertiary/aromatic N) is 2. The van der Waals surface area contributed by atoms with Crippen LogP contribution in [0, 0.1) is 12.7 Å². The average molecular weight is 490 g/mol. The standard InChI is InChI=1S/C20H22F4N4O4S/c1-10-6-12(32-18(22)23)8-26-15(10)16(29)27-11-4-5-14(21)13(7-11)19(2)9-33(30,31)20(3,24)17(25)28-19/h4-8,18,30-31H,9H2,1-3H3,(H2,25,28)(H,27,29)/t19-,20+/m0/s1. The number of aryl methyl sites for hydroxylation is 1. The topological polar surface area (TPSA) is 130 Å². The summed E-state index contributed by atoms with van der Waals surface area (Å²) in [6, 6.07) is 4.70. The summed E-state index contributed by atoms with van der Waals surface area (Å²) in [6.07, 6.45) is 0.962. The summed E-state index contributed by atoms with van der Waals surface area (Å²) >= 11 is 0. The Morgan fingerprint density at radius 2 is 1.97 bits per heavy atom. The second kappa shape index (κ2) is 8.47. The largest absolute Gasteiger partial charge is 0.433 e. The van der Waals surface area contributed by atoms with Gasteiger partial charge in [0, 0.05) is 11.3 Å². The van der Waals surface area contributed by atoms with E-state index in [1.807, 2.05) is 0 Å². The Morgan fingerprint density at radius 1 is 1.30 bits per heavy atom. The van der Waals surface area contributed by atoms with E-state index < -0.39 is 51.1 Å². The van der Waals surface area contributed by atoms with Crippen molar-refractivity contribution in [2.45, 2.75) is 37.9 Å². The number of amidine groups is 1. The van der Waals surface area contributed by atoms with E-state index in [0.717, 1.165) is 19.2 Å². The van der Waals surface area contributed by atoms with E-state index >= 15 is 0 Å². The molecule has 0 saturated carbocycles. The first-order valence-corrected chi connectivity index (χ1v) is 11.2. The predicted molar refractivity (Wildman–Crippen MR) is 116 cm³/mol. The SMILES string of the molecule is Cc1cc(OC(F)F)cnc1C(=O)Nc1ccc(F)c([C@]2(C)CS(O)(O)[C@@](C)(F)C(N)=N2)c1. The number of nitrogens with two attached hydrogens (primary N) is 1. The summed E-state index contributed by atoms with van der Waals surface area (Å²) < 4.78 is 78.8. The highest BCUT2D eigenvalue weighted by atomic mass is 32.3. The van der Waals surface area contributed by atoms with Gasteiger partial charge in [0.1, 0.15) is 22.8 Å². The van der Waals surface area contributed by atoms with Crippen molar-refractivity contribution in [3.63, 3.8) is 0 Å². The lowest BCUT2D eigenvalue weighted by Gasteiger charge is -2.50. The molecule has 0 fully saturated rings. The highest BCUT2D eigenvalue weighted by molar-refractivity contribution is 8.26. The van der Waals surface area contributed by atoms with Gasteiger partial charge in [0.2, 0.25) is 0 Å². The summed E-state index contributed by atoms with van der Waals surface area (Å²) in [7, 11) is -3.93. The van der Waals surface area contributed by atoms with Crippen LogP contribution in [0.25, 0.3) is 0 Å². The molecule has 1 amide bonds. The van der Waals surface area contributed by atoms with Crippen molar-refractivity contribution in [3.05, 3.63) is 53.1 Å². The molecule has 1 aliphatic rings. The van der Waals surface area contributed by atoms with Gasteiger partial charge in [-0.3, -0.25) is 18.9 Å². The number of hydrogen-bond donors (Lipinski definition) is 4. The van der Waals surface area contributed by atoms with Crippen LogP contribution in [0.5, 0.6) is 5.75 Å². The minimum Gasteiger partial charge on any atom is -0.433 e. The van der Waals surface area contributed by atoms with Crippen LogP contribution in [0.1, 0.15) is 35.5 Å². The minimum absolute atomic E-state index is 0.0870. The Balaban J connectivity index is 1.91. The number of carbonyl (C=O) groups excluding carboxylic acids is 1. The predicted octanol–water partition coefficient (Wildman–Crippen LogP) is 4.41. The van der Waals surface area contributed by atoms with Crippen molar-refractivity contribution in [1.29, 1.82) is 0 Å². The van der Waals surface area contributed by atoms with Crippen molar-refractivity contribution >= 4 is 28.0 Å². The smallest absolute Gasteiger partial charge is 0.387 e. The number of aromatic nitrogens is 1. The minimum atomic E-state index is -3.93. The second-order valence-electron chi connectivity index (χ2n) is 7.86. The van der Waals surface area contributed by atoms with Gasteiger partial charge in [-0.15, -0.1) is 0 Å². The molecule has 2 aromatic rings. The third-order valence-electron chi connectivity index (χ3n) is 5.22. The maximum Gasteiger partial charge on any atom is 0.387 e. The number of carbonyl (C=O) groups is 1. The molecule has 1 aromatic heterocycles. The van der Waals surface area contributed by atoms with Gasteiger partial charge in [-0.25, -0.2) is 13.8 Å². The lowest BCUT2D eigenvalue weighted by Crippen LogP contribution is -2.51. The van der Waals surface area contributed by atoms with Crippen LogP contribution in [0.15, 0.2) is 35.5 Å². The van der Waals surface area contributed by atoms with E-state index in [-0.39, 0.29) is 28.3 Å². The molecule has 13 heteroatoms. The number of rotatable bonds is 5. The quantitative estimate of drug-likeness (QED) is 0.460. The molecular weight excluding hydrogens is 468 g/mol. The molecule has 0 bridgehead atoms. The first kappa shape index (κ1) is 24.7. The first-order chi connectivity index (χ1) is 15.2. The van der Waals surface area contributed by atoms with Crippen LogP contribution in [-0.4, -0.2) is 43.2 Å². The van der Waals surface area contributed by atoms with Crippen LogP contribution in [0.2, 0.25) is 0 Å². The van der Waals surface area contributed by atoms with Crippen LogP contribution < -0.4 is 15.8 Å². The highest BCUT2D eigenvalue weighted by Crippen LogP contribution is 2.60. The Hall–Kier alpha value is -2.90. The van der Waals surface area contributed by atoms with E-state index in [9.17, 15) is 31.5 Å². The zero-order valence-corrected chi connectivity index (χ0v) is 18.6. The number of pyridine rings is 1. The third kappa shape index (κ3) is 4.75. The number of hydrogen-bond acceptors (Lipinski definition) is 7. The van der Waals surface area contributed by atoms with Gasteiger partial charge in [0.05, 0.1) is 11.9 Å². The fourth-order valence-electron chi connectivity index (χ4n) is 3.39. The van der Waals surface area contributed by atoms with Crippen LogP contribution in [0.3, 0.4) is 0 Å². The van der Waals surface area contributed by atoms with Crippen molar-refractivity contribution in [3.8, 4) is 5.75 Å². The Bertz CT molecular complexity index is 1130. The van der Waals surface area contributed by atoms with Crippen molar-refractivity contribution in [1.82, 2.24) is 4.98 Å². The fraction of sp³-hybridized carbons (Fsp3) is 0.350. The number of aliphatic imine (C=N–C) groups is 1. The summed E-state index contributed by atoms with van der Waals surface area (Å²) in [4.78, 5) is 20.5. The van der Waals surface area contributed by atoms with Gasteiger partial charge < -0.3 is 15.8 Å². The van der Waals surface area contributed by atoms with E-state index in [1.54, 1.807) is 0 Å². The summed E-state index contributed by atoms with van der Waals surface area (Å²) in [5.74, 6) is -3.04. The molecule has 2 heterocycles. The number of ether oxygens (including phenoxy) is 1. The molecular formula is C20H22F4N4O4S. The molecule has 0 radical (unpaired) electrons. The van der Waals surface area contributed by atoms with E-state index in [0.29, 0.717) is 0 Å². The Morgan fingerprint density at radius 3 is 2.55 bits per heavy atom. The van der Waals surface area contributed by atoms with E-state index in [2.05, 4.69) is 20.0 Å². The molecule has 0 spiro atoms. The molecule has 33 heavy (non-hydrogen) atoms. The number of anilines is 1. The molecule has 8 nitrogen and oxygen atoms in total. The highest BCUT2D eigenvalue weighted by Gasteiger charge is 2.52. The Labute approximate surface area is 188 Å². The number of nitrogens with one attached hydrogen (secondary N) is 1. The van der Waals surface area contributed by atoms with Crippen molar-refractivity contribution in [2.75, 3.05) is 11.1 Å². The molecule has 3 rings (SSSR count). The molecule has 2 atom stereocenters. The van der Waals surface area contributed by atoms with Gasteiger partial charge in [0.15, 0.2) is 5.84 Å². The zero-order valence-electron chi connectivity index (χ0n) is 17.8. The van der Waals surface area contributed by atoms with Gasteiger partial charge in [-0.05, 0) is 50.6 Å². The van der Waals surface area contributed by atoms with Crippen LogP contribution >= 0.6 is 10.6 Å². The van der Waals surface area contributed by atoms with Gasteiger partial charge in [-0.1, -0.05) is 0 Å². The third-order valence-corrected chi connectivity index (χ3v) is 7.62. The number of alkyl halides is 3. The van der Waals surface area contributed by atoms with Crippen molar-refractivity contribution in [2.24, 2.45) is 10.7 Å². The maximum atomic E-state index is 14.7. The number of benzene rings is 1. The van der Waals surface area contributed by atoms with Gasteiger partial charge in [-0.2, -0.15) is 19.4 Å². The maximum absolute atomic E-state index is 14.7. The fourth-order valence-corrected chi connectivity index (χ4v) is 5.05. The molecule has 5 N–H and O–H groups in total. The average Bonchev–Trinajstić information content (AvgIpc) is 2.67. The first-order valence-electron chi connectivity index (χ1n) is 9.49. The molecule has 0 saturated heterocycles. The second-order valence-corrected chi connectivity index (χ2v) is 10.3. The van der Waals surface area contributed by atoms with Gasteiger partial charge >= 0.3 is 6.61 Å². The van der Waals surface area contributed by atoms with Crippen LogP contribution in [-0.2, 0) is 5.54 Å². The summed E-state index contributed by atoms with van der Waals surface area (Å²) in [5.41, 5.74) is 4.12. The Kier molecular flexibility index (Phi) is 6.35. The normalized spacial score (nSPS) is 25.3. The molecule has 0 unspecified atom stereocenters. The molecule has 0 aliphatic carbocycles. The van der Waals surface area contributed by atoms with Crippen molar-refractivity contribution < 1.29 is 36.2 Å². The summed E-state index contributed by atoms with van der Waals surface area (Å²) in [6.45, 7) is 0.673. The summed E-state index contributed by atoms with van der Waals surface area (Å²) in [5, 5.41) is -0.166. The molecule has 180 valence electrons. The van der Waals surface area contributed by atoms with Gasteiger partial charge in [0.25, 0.3) is 10.9 Å². The van der Waals surface area contributed by atoms with E-state index in [4.69, 9.17) is 5.73 Å². The van der Waals surface area contributed by atoms with E-state index in [1.165, 1.54) is 32.0 Å². The number of halogens is 4. The molecule has 1 aromatic carbocycles. The molecule has 1 aliphatic heterocycles. The zero-order chi connectivity index (χ0) is 24.8.